The van der Waals surface area contributed by atoms with Gasteiger partial charge in [-0.1, -0.05) is 6.07 Å². The number of hydrogen-bond donors (Lipinski definition) is 1. The molecule has 0 aromatic carbocycles. The average molecular weight is 222 g/mol. The molecule has 0 radical (unpaired) electrons. The molecule has 0 bridgehead atoms. The molecule has 1 fully saturated rings. The SMILES string of the molecule is O=C1OCCC(CO)N1Cc1cccnc1. The molecule has 2 rings (SSSR count). The Balaban J connectivity index is 2.08. The zero-order valence-corrected chi connectivity index (χ0v) is 8.87. The van der Waals surface area contributed by atoms with Crippen molar-refractivity contribution in [3.63, 3.8) is 0 Å². The number of amides is 1. The van der Waals surface area contributed by atoms with Gasteiger partial charge in [0, 0.05) is 18.8 Å². The molecule has 0 spiro atoms. The minimum Gasteiger partial charge on any atom is -0.449 e. The maximum atomic E-state index is 11.5. The first-order valence-corrected chi connectivity index (χ1v) is 5.24. The minimum atomic E-state index is -0.367. The molecule has 1 atom stereocenters. The van der Waals surface area contributed by atoms with Crippen LogP contribution in [0.15, 0.2) is 24.5 Å². The molecule has 0 aliphatic carbocycles. The topological polar surface area (TPSA) is 62.7 Å². The van der Waals surface area contributed by atoms with E-state index in [9.17, 15) is 9.90 Å². The van der Waals surface area contributed by atoms with E-state index in [4.69, 9.17) is 4.74 Å². The van der Waals surface area contributed by atoms with Gasteiger partial charge in [0.1, 0.15) is 0 Å². The van der Waals surface area contributed by atoms with Gasteiger partial charge in [-0.2, -0.15) is 0 Å². The fourth-order valence-corrected chi connectivity index (χ4v) is 1.74. The standard InChI is InChI=1S/C11H14N2O3/c14-8-10-3-5-16-11(15)13(10)7-9-2-1-4-12-6-9/h1-2,4,6,10,14H,3,5,7-8H2. The zero-order valence-electron chi connectivity index (χ0n) is 8.87. The molecule has 16 heavy (non-hydrogen) atoms. The zero-order chi connectivity index (χ0) is 11.4. The quantitative estimate of drug-likeness (QED) is 0.821. The summed E-state index contributed by atoms with van der Waals surface area (Å²) in [6, 6.07) is 3.56. The third-order valence-electron chi connectivity index (χ3n) is 2.64. The average Bonchev–Trinajstić information content (AvgIpc) is 2.33. The molecular weight excluding hydrogens is 208 g/mol. The fraction of sp³-hybridized carbons (Fsp3) is 0.455. The number of aliphatic hydroxyl groups excluding tert-OH is 1. The summed E-state index contributed by atoms with van der Waals surface area (Å²) in [5, 5.41) is 9.19. The Hall–Kier alpha value is -1.62. The van der Waals surface area contributed by atoms with Crippen molar-refractivity contribution in [1.29, 1.82) is 0 Å². The molecular formula is C11H14N2O3. The van der Waals surface area contributed by atoms with Crippen molar-refractivity contribution < 1.29 is 14.6 Å². The van der Waals surface area contributed by atoms with Gasteiger partial charge in [-0.05, 0) is 11.6 Å². The van der Waals surface area contributed by atoms with E-state index < -0.39 is 0 Å². The Morgan fingerprint density at radius 1 is 1.62 bits per heavy atom. The number of aromatic nitrogens is 1. The van der Waals surface area contributed by atoms with Crippen LogP contribution in [0.2, 0.25) is 0 Å². The second-order valence-electron chi connectivity index (χ2n) is 3.73. The maximum absolute atomic E-state index is 11.5. The van der Waals surface area contributed by atoms with E-state index in [1.54, 1.807) is 17.3 Å². The van der Waals surface area contributed by atoms with Crippen LogP contribution in [0.1, 0.15) is 12.0 Å². The van der Waals surface area contributed by atoms with Gasteiger partial charge < -0.3 is 9.84 Å². The summed E-state index contributed by atoms with van der Waals surface area (Å²) in [7, 11) is 0. The van der Waals surface area contributed by atoms with Gasteiger partial charge in [-0.15, -0.1) is 0 Å². The first-order valence-electron chi connectivity index (χ1n) is 5.24. The number of ether oxygens (including phenoxy) is 1. The molecule has 0 saturated carbocycles. The number of hydrogen-bond acceptors (Lipinski definition) is 4. The summed E-state index contributed by atoms with van der Waals surface area (Å²) < 4.78 is 4.95. The molecule has 1 aliphatic heterocycles. The molecule has 2 heterocycles. The highest BCUT2D eigenvalue weighted by Gasteiger charge is 2.28. The Labute approximate surface area is 93.7 Å². The molecule has 5 heteroatoms. The number of aliphatic hydroxyl groups is 1. The van der Waals surface area contributed by atoms with Crippen LogP contribution in [0.5, 0.6) is 0 Å². The number of nitrogens with zero attached hydrogens (tertiary/aromatic N) is 2. The monoisotopic (exact) mass is 222 g/mol. The summed E-state index contributed by atoms with van der Waals surface area (Å²) in [5.74, 6) is 0. The third kappa shape index (κ3) is 2.30. The smallest absolute Gasteiger partial charge is 0.410 e. The highest BCUT2D eigenvalue weighted by Crippen LogP contribution is 2.16. The van der Waals surface area contributed by atoms with Gasteiger partial charge in [-0.3, -0.25) is 9.88 Å². The highest BCUT2D eigenvalue weighted by molar-refractivity contribution is 5.68. The number of rotatable bonds is 3. The maximum Gasteiger partial charge on any atom is 0.410 e. The molecule has 1 aromatic rings. The Morgan fingerprint density at radius 3 is 3.19 bits per heavy atom. The van der Waals surface area contributed by atoms with Gasteiger partial charge in [0.15, 0.2) is 0 Å². The van der Waals surface area contributed by atoms with E-state index >= 15 is 0 Å². The lowest BCUT2D eigenvalue weighted by Crippen LogP contribution is -2.46. The molecule has 1 saturated heterocycles. The van der Waals surface area contributed by atoms with Crippen LogP contribution in [0.4, 0.5) is 4.79 Å². The minimum absolute atomic E-state index is 0.0324. The molecule has 86 valence electrons. The lowest BCUT2D eigenvalue weighted by molar-refractivity contribution is 0.0215. The fourth-order valence-electron chi connectivity index (χ4n) is 1.74. The van der Waals surface area contributed by atoms with E-state index in [1.807, 2.05) is 12.1 Å². The first-order chi connectivity index (χ1) is 7.81. The number of carbonyl (C=O) groups excluding carboxylic acids is 1. The molecule has 1 N–H and O–H groups in total. The van der Waals surface area contributed by atoms with Crippen LogP contribution < -0.4 is 0 Å². The van der Waals surface area contributed by atoms with Gasteiger partial charge in [0.05, 0.1) is 25.8 Å². The van der Waals surface area contributed by atoms with Crippen LogP contribution in [-0.4, -0.2) is 40.3 Å². The van der Waals surface area contributed by atoms with E-state index in [0.717, 1.165) is 5.56 Å². The Morgan fingerprint density at radius 2 is 2.50 bits per heavy atom. The van der Waals surface area contributed by atoms with Crippen molar-refractivity contribution in [2.24, 2.45) is 0 Å². The summed E-state index contributed by atoms with van der Waals surface area (Å²) >= 11 is 0. The van der Waals surface area contributed by atoms with Crippen molar-refractivity contribution in [3.05, 3.63) is 30.1 Å². The summed E-state index contributed by atoms with van der Waals surface area (Å²) in [5.41, 5.74) is 0.930. The second kappa shape index (κ2) is 4.94. The van der Waals surface area contributed by atoms with Crippen molar-refractivity contribution in [2.75, 3.05) is 13.2 Å². The molecule has 1 amide bonds. The van der Waals surface area contributed by atoms with Crippen molar-refractivity contribution >= 4 is 6.09 Å². The molecule has 1 aromatic heterocycles. The predicted octanol–water partition coefficient (Wildman–Crippen LogP) is 0.785. The highest BCUT2D eigenvalue weighted by atomic mass is 16.6. The molecule has 1 aliphatic rings. The summed E-state index contributed by atoms with van der Waals surface area (Å²) in [6.07, 6.45) is 3.69. The normalized spacial score (nSPS) is 20.7. The Bertz CT molecular complexity index is 356. The van der Waals surface area contributed by atoms with Crippen LogP contribution in [0.3, 0.4) is 0 Å². The van der Waals surface area contributed by atoms with Gasteiger partial charge in [0.25, 0.3) is 0 Å². The van der Waals surface area contributed by atoms with E-state index in [0.29, 0.717) is 19.6 Å². The van der Waals surface area contributed by atoms with Crippen molar-refractivity contribution in [2.45, 2.75) is 19.0 Å². The van der Waals surface area contributed by atoms with Crippen LogP contribution in [-0.2, 0) is 11.3 Å². The van der Waals surface area contributed by atoms with Crippen LogP contribution in [0, 0.1) is 0 Å². The van der Waals surface area contributed by atoms with Gasteiger partial charge in [0.2, 0.25) is 0 Å². The van der Waals surface area contributed by atoms with Gasteiger partial charge in [-0.25, -0.2) is 4.79 Å². The van der Waals surface area contributed by atoms with Crippen LogP contribution in [0.25, 0.3) is 0 Å². The van der Waals surface area contributed by atoms with E-state index in [2.05, 4.69) is 4.98 Å². The van der Waals surface area contributed by atoms with Crippen molar-refractivity contribution in [3.8, 4) is 0 Å². The molecule has 1 unspecified atom stereocenters. The van der Waals surface area contributed by atoms with Crippen LogP contribution >= 0.6 is 0 Å². The first kappa shape index (κ1) is 10.9. The summed E-state index contributed by atoms with van der Waals surface area (Å²) in [4.78, 5) is 17.1. The Kier molecular flexibility index (Phi) is 3.36. The predicted molar refractivity (Wildman–Crippen MR) is 56.6 cm³/mol. The van der Waals surface area contributed by atoms with E-state index in [-0.39, 0.29) is 18.7 Å². The largest absolute Gasteiger partial charge is 0.449 e. The number of pyridine rings is 1. The number of carbonyl (C=O) groups is 1. The lowest BCUT2D eigenvalue weighted by Gasteiger charge is -2.33. The number of cyclic esters (lactones) is 1. The van der Waals surface area contributed by atoms with Gasteiger partial charge >= 0.3 is 6.09 Å². The molecule has 5 nitrogen and oxygen atoms in total. The van der Waals surface area contributed by atoms with Crippen molar-refractivity contribution in [1.82, 2.24) is 9.88 Å². The lowest BCUT2D eigenvalue weighted by atomic mass is 10.1. The third-order valence-corrected chi connectivity index (χ3v) is 2.64. The summed E-state index contributed by atoms with van der Waals surface area (Å²) in [6.45, 7) is 0.779. The second-order valence-corrected chi connectivity index (χ2v) is 3.73. The van der Waals surface area contributed by atoms with E-state index in [1.165, 1.54) is 0 Å².